The zero-order valence-corrected chi connectivity index (χ0v) is 12.5. The van der Waals surface area contributed by atoms with Crippen molar-refractivity contribution >= 4 is 11.6 Å². The van der Waals surface area contributed by atoms with Crippen LogP contribution in [0.2, 0.25) is 0 Å². The molecule has 5 heteroatoms. The molecule has 4 N–H and O–H groups in total. The standard InChI is InChI=1S/C14H26N4O/c1-5-8-11-17-12(15)10(4)13(18-11)16-9-14(19,6-2)7-3/h19H,5-9H2,1-4H3,(H3,15,16,17,18). The Morgan fingerprint density at radius 3 is 2.37 bits per heavy atom. The molecule has 0 unspecified atom stereocenters. The van der Waals surface area contributed by atoms with Crippen molar-refractivity contribution in [3.63, 3.8) is 0 Å². The van der Waals surface area contributed by atoms with E-state index in [2.05, 4.69) is 22.2 Å². The summed E-state index contributed by atoms with van der Waals surface area (Å²) in [5.74, 6) is 2.00. The summed E-state index contributed by atoms with van der Waals surface area (Å²) in [7, 11) is 0. The summed E-state index contributed by atoms with van der Waals surface area (Å²) in [6, 6.07) is 0. The van der Waals surface area contributed by atoms with E-state index in [-0.39, 0.29) is 0 Å². The molecular formula is C14H26N4O. The minimum absolute atomic E-state index is 0.475. The second kappa shape index (κ2) is 6.70. The molecule has 0 amide bonds. The van der Waals surface area contributed by atoms with E-state index < -0.39 is 5.60 Å². The number of nitrogen functional groups attached to an aromatic ring is 1. The maximum Gasteiger partial charge on any atom is 0.134 e. The molecule has 0 aromatic carbocycles. The molecule has 0 saturated carbocycles. The molecular weight excluding hydrogens is 240 g/mol. The van der Waals surface area contributed by atoms with Gasteiger partial charge in [-0.1, -0.05) is 20.8 Å². The molecule has 0 spiro atoms. The summed E-state index contributed by atoms with van der Waals surface area (Å²) in [5, 5.41) is 13.5. The number of hydrogen-bond acceptors (Lipinski definition) is 5. The van der Waals surface area contributed by atoms with Crippen LogP contribution in [-0.2, 0) is 6.42 Å². The minimum Gasteiger partial charge on any atom is -0.388 e. The molecule has 19 heavy (non-hydrogen) atoms. The molecule has 0 bridgehead atoms. The number of rotatable bonds is 7. The molecule has 1 rings (SSSR count). The second-order valence-corrected chi connectivity index (χ2v) is 5.03. The molecule has 1 heterocycles. The molecule has 0 radical (unpaired) electrons. The second-order valence-electron chi connectivity index (χ2n) is 5.03. The lowest BCUT2D eigenvalue weighted by molar-refractivity contribution is 0.0456. The van der Waals surface area contributed by atoms with Crippen molar-refractivity contribution in [1.29, 1.82) is 0 Å². The number of aromatic nitrogens is 2. The Kier molecular flexibility index (Phi) is 5.54. The average molecular weight is 266 g/mol. The van der Waals surface area contributed by atoms with Crippen molar-refractivity contribution in [2.45, 2.75) is 59.0 Å². The third-order valence-electron chi connectivity index (χ3n) is 3.60. The van der Waals surface area contributed by atoms with Crippen molar-refractivity contribution in [1.82, 2.24) is 9.97 Å². The molecule has 5 nitrogen and oxygen atoms in total. The Hall–Kier alpha value is -1.36. The number of nitrogens with one attached hydrogen (secondary N) is 1. The highest BCUT2D eigenvalue weighted by molar-refractivity contribution is 5.54. The van der Waals surface area contributed by atoms with Crippen molar-refractivity contribution < 1.29 is 5.11 Å². The highest BCUT2D eigenvalue weighted by atomic mass is 16.3. The third-order valence-corrected chi connectivity index (χ3v) is 3.60. The van der Waals surface area contributed by atoms with Crippen molar-refractivity contribution in [2.75, 3.05) is 17.6 Å². The Labute approximate surface area is 115 Å². The third kappa shape index (κ3) is 4.06. The SMILES string of the molecule is CCCc1nc(N)c(C)c(NCC(O)(CC)CC)n1. The van der Waals surface area contributed by atoms with Crippen molar-refractivity contribution in [3.8, 4) is 0 Å². The summed E-state index contributed by atoms with van der Waals surface area (Å²) < 4.78 is 0. The van der Waals surface area contributed by atoms with Gasteiger partial charge in [0.1, 0.15) is 17.5 Å². The fraction of sp³-hybridized carbons (Fsp3) is 0.714. The molecule has 0 aliphatic carbocycles. The minimum atomic E-state index is -0.697. The lowest BCUT2D eigenvalue weighted by atomic mass is 9.97. The van der Waals surface area contributed by atoms with Crippen LogP contribution in [-0.4, -0.2) is 27.2 Å². The summed E-state index contributed by atoms with van der Waals surface area (Å²) in [6.45, 7) is 8.41. The number of aliphatic hydroxyl groups is 1. The monoisotopic (exact) mass is 266 g/mol. The Morgan fingerprint density at radius 1 is 1.21 bits per heavy atom. The maximum atomic E-state index is 10.3. The maximum absolute atomic E-state index is 10.3. The first kappa shape index (κ1) is 15.7. The van der Waals surface area contributed by atoms with Gasteiger partial charge in [-0.25, -0.2) is 9.97 Å². The van der Waals surface area contributed by atoms with E-state index in [1.165, 1.54) is 0 Å². The van der Waals surface area contributed by atoms with Gasteiger partial charge in [0.2, 0.25) is 0 Å². The van der Waals surface area contributed by atoms with Crippen LogP contribution in [0.4, 0.5) is 11.6 Å². The van der Waals surface area contributed by atoms with Crippen LogP contribution in [0.15, 0.2) is 0 Å². The summed E-state index contributed by atoms with van der Waals surface area (Å²) in [4.78, 5) is 8.75. The van der Waals surface area contributed by atoms with Gasteiger partial charge in [-0.05, 0) is 26.2 Å². The van der Waals surface area contributed by atoms with Gasteiger partial charge in [0.25, 0.3) is 0 Å². The van der Waals surface area contributed by atoms with Crippen LogP contribution in [0.5, 0.6) is 0 Å². The van der Waals surface area contributed by atoms with Gasteiger partial charge in [0.05, 0.1) is 5.60 Å². The first-order valence-electron chi connectivity index (χ1n) is 7.05. The van der Waals surface area contributed by atoms with Gasteiger partial charge in [-0.2, -0.15) is 0 Å². The zero-order valence-electron chi connectivity index (χ0n) is 12.5. The van der Waals surface area contributed by atoms with Crippen LogP contribution >= 0.6 is 0 Å². The molecule has 0 aliphatic heterocycles. The van der Waals surface area contributed by atoms with Crippen molar-refractivity contribution in [3.05, 3.63) is 11.4 Å². The van der Waals surface area contributed by atoms with E-state index in [0.29, 0.717) is 25.2 Å². The number of anilines is 2. The van der Waals surface area contributed by atoms with Crippen LogP contribution in [0.3, 0.4) is 0 Å². The number of nitrogens with zero attached hydrogens (tertiary/aromatic N) is 2. The lowest BCUT2D eigenvalue weighted by Crippen LogP contribution is -2.35. The van der Waals surface area contributed by atoms with Crippen LogP contribution in [0.1, 0.15) is 51.4 Å². The Balaban J connectivity index is 2.88. The van der Waals surface area contributed by atoms with Crippen molar-refractivity contribution in [2.24, 2.45) is 0 Å². The first-order chi connectivity index (χ1) is 8.95. The summed E-state index contributed by atoms with van der Waals surface area (Å²) in [5.41, 5.74) is 6.05. The molecule has 0 atom stereocenters. The van der Waals surface area contributed by atoms with Gasteiger partial charge in [-0.15, -0.1) is 0 Å². The molecule has 0 fully saturated rings. The van der Waals surface area contributed by atoms with Gasteiger partial charge in [0, 0.05) is 18.5 Å². The molecule has 0 aliphatic rings. The van der Waals surface area contributed by atoms with E-state index in [4.69, 9.17) is 5.73 Å². The van der Waals surface area contributed by atoms with E-state index >= 15 is 0 Å². The molecule has 108 valence electrons. The van der Waals surface area contributed by atoms with E-state index in [1.54, 1.807) is 0 Å². The first-order valence-corrected chi connectivity index (χ1v) is 7.05. The van der Waals surface area contributed by atoms with Gasteiger partial charge in [-0.3, -0.25) is 0 Å². The quantitative estimate of drug-likeness (QED) is 0.705. The summed E-state index contributed by atoms with van der Waals surface area (Å²) in [6.07, 6.45) is 3.21. The predicted molar refractivity (Wildman–Crippen MR) is 79.2 cm³/mol. The van der Waals surface area contributed by atoms with Crippen LogP contribution < -0.4 is 11.1 Å². The molecule has 1 aromatic rings. The average Bonchev–Trinajstić information content (AvgIpc) is 2.41. The van der Waals surface area contributed by atoms with Gasteiger partial charge in [0.15, 0.2) is 0 Å². The predicted octanol–water partition coefficient (Wildman–Crippen LogP) is 2.28. The molecule has 1 aromatic heterocycles. The fourth-order valence-electron chi connectivity index (χ4n) is 1.84. The number of nitrogens with two attached hydrogens (primary N) is 1. The van der Waals surface area contributed by atoms with Crippen LogP contribution in [0, 0.1) is 6.92 Å². The zero-order chi connectivity index (χ0) is 14.5. The topological polar surface area (TPSA) is 84.1 Å². The highest BCUT2D eigenvalue weighted by Gasteiger charge is 2.22. The van der Waals surface area contributed by atoms with Gasteiger partial charge >= 0.3 is 0 Å². The van der Waals surface area contributed by atoms with E-state index in [9.17, 15) is 5.11 Å². The molecule has 0 saturated heterocycles. The normalized spacial score (nSPS) is 11.6. The lowest BCUT2D eigenvalue weighted by Gasteiger charge is -2.26. The smallest absolute Gasteiger partial charge is 0.134 e. The highest BCUT2D eigenvalue weighted by Crippen LogP contribution is 2.20. The largest absolute Gasteiger partial charge is 0.388 e. The van der Waals surface area contributed by atoms with E-state index in [1.807, 2.05) is 20.8 Å². The number of hydrogen-bond donors (Lipinski definition) is 3. The number of aryl methyl sites for hydroxylation is 1. The van der Waals surface area contributed by atoms with Crippen LogP contribution in [0.25, 0.3) is 0 Å². The fourth-order valence-corrected chi connectivity index (χ4v) is 1.84. The van der Waals surface area contributed by atoms with Gasteiger partial charge < -0.3 is 16.2 Å². The Morgan fingerprint density at radius 2 is 1.84 bits per heavy atom. The van der Waals surface area contributed by atoms with E-state index in [0.717, 1.165) is 30.0 Å². The Bertz CT molecular complexity index is 416. The summed E-state index contributed by atoms with van der Waals surface area (Å²) >= 11 is 0.